The number of ether oxygens (including phenoxy) is 3. The van der Waals surface area contributed by atoms with Crippen LogP contribution in [0.15, 0.2) is 0 Å². The summed E-state index contributed by atoms with van der Waals surface area (Å²) in [5, 5.41) is 15.5. The number of hydrogen-bond acceptors (Lipinski definition) is 5. The Hall–Kier alpha value is -0.620. The normalized spacial score (nSPS) is 24.5. The third-order valence-corrected chi connectivity index (χ3v) is 2.73. The highest BCUT2D eigenvalue weighted by molar-refractivity contribution is 4.95. The van der Waals surface area contributed by atoms with Crippen molar-refractivity contribution in [3.05, 3.63) is 0 Å². The Labute approximate surface area is 121 Å². The first-order valence-corrected chi connectivity index (χ1v) is 6.23. The van der Waals surface area contributed by atoms with E-state index >= 15 is 0 Å². The number of alkyl halides is 6. The number of aliphatic hydroxyl groups excluding tert-OH is 2. The van der Waals surface area contributed by atoms with E-state index in [1.54, 1.807) is 0 Å². The Morgan fingerprint density at radius 3 is 1.36 bits per heavy atom. The SMILES string of the molecule is C(OCC1CO1)C1CO1.OCC(F)(F)C(F)(F)C(F)(F)CO. The summed E-state index contributed by atoms with van der Waals surface area (Å²) in [4.78, 5) is 0. The minimum absolute atomic E-state index is 0.392. The predicted octanol–water partition coefficient (Wildman–Crippen LogP) is 0.677. The predicted molar refractivity (Wildman–Crippen MR) is 59.3 cm³/mol. The molecule has 0 radical (unpaired) electrons. The van der Waals surface area contributed by atoms with Gasteiger partial charge in [0.15, 0.2) is 0 Å². The number of epoxide rings is 2. The van der Waals surface area contributed by atoms with E-state index in [2.05, 4.69) is 0 Å². The summed E-state index contributed by atoms with van der Waals surface area (Å²) < 4.78 is 87.5. The zero-order valence-electron chi connectivity index (χ0n) is 11.3. The Balaban J connectivity index is 0.000000231. The van der Waals surface area contributed by atoms with Gasteiger partial charge in [-0.25, -0.2) is 0 Å². The summed E-state index contributed by atoms with van der Waals surface area (Å²) in [5.74, 6) is -16.3. The van der Waals surface area contributed by atoms with E-state index in [0.717, 1.165) is 26.4 Å². The quantitative estimate of drug-likeness (QED) is 0.501. The van der Waals surface area contributed by atoms with Crippen LogP contribution in [0.1, 0.15) is 0 Å². The van der Waals surface area contributed by atoms with Crippen LogP contribution in [0.25, 0.3) is 0 Å². The molecule has 22 heavy (non-hydrogen) atoms. The van der Waals surface area contributed by atoms with Crippen LogP contribution >= 0.6 is 0 Å². The molecule has 132 valence electrons. The number of hydrogen-bond donors (Lipinski definition) is 2. The van der Waals surface area contributed by atoms with Crippen LogP contribution in [0.3, 0.4) is 0 Å². The third-order valence-electron chi connectivity index (χ3n) is 2.73. The average molecular weight is 342 g/mol. The molecule has 2 atom stereocenters. The lowest BCUT2D eigenvalue weighted by molar-refractivity contribution is -0.323. The van der Waals surface area contributed by atoms with Crippen LogP contribution in [-0.2, 0) is 14.2 Å². The van der Waals surface area contributed by atoms with Gasteiger partial charge < -0.3 is 24.4 Å². The van der Waals surface area contributed by atoms with Gasteiger partial charge in [-0.05, 0) is 0 Å². The Bertz CT molecular complexity index is 316. The Morgan fingerprint density at radius 1 is 0.818 bits per heavy atom. The standard InChI is InChI=1S/C6H10O3.C5H6F6O2/c1(5-3-8-5)7-2-6-4-9-6;6-3(7,1-12)5(10,11)4(8,9)2-13/h5-6H,1-4H2;12-13H,1-2H2. The first-order valence-electron chi connectivity index (χ1n) is 6.23. The number of aliphatic hydroxyl groups is 2. The molecular weight excluding hydrogens is 326 g/mol. The van der Waals surface area contributed by atoms with Gasteiger partial charge in [0.2, 0.25) is 0 Å². The molecule has 0 aliphatic carbocycles. The summed E-state index contributed by atoms with van der Waals surface area (Å²) in [6.07, 6.45) is 0.785. The molecule has 0 aromatic carbocycles. The van der Waals surface area contributed by atoms with Crippen molar-refractivity contribution >= 4 is 0 Å². The van der Waals surface area contributed by atoms with Gasteiger partial charge >= 0.3 is 17.8 Å². The minimum Gasteiger partial charge on any atom is -0.390 e. The fraction of sp³-hybridized carbons (Fsp3) is 1.00. The van der Waals surface area contributed by atoms with Crippen molar-refractivity contribution in [1.82, 2.24) is 0 Å². The number of halogens is 6. The summed E-state index contributed by atoms with van der Waals surface area (Å²) in [5.41, 5.74) is 0. The molecule has 2 fully saturated rings. The number of rotatable bonds is 8. The molecule has 0 spiro atoms. The van der Waals surface area contributed by atoms with E-state index in [9.17, 15) is 26.3 Å². The lowest BCUT2D eigenvalue weighted by Gasteiger charge is -2.30. The maximum atomic E-state index is 12.2. The van der Waals surface area contributed by atoms with Crippen molar-refractivity contribution in [3.63, 3.8) is 0 Å². The van der Waals surface area contributed by atoms with Crippen molar-refractivity contribution in [1.29, 1.82) is 0 Å². The molecule has 0 saturated carbocycles. The van der Waals surface area contributed by atoms with E-state index in [1.807, 2.05) is 0 Å². The maximum absolute atomic E-state index is 12.2. The van der Waals surface area contributed by atoms with Gasteiger partial charge in [-0.2, -0.15) is 26.3 Å². The molecule has 0 aromatic rings. The largest absolute Gasteiger partial charge is 0.390 e. The monoisotopic (exact) mass is 342 g/mol. The highest BCUT2D eigenvalue weighted by Gasteiger charge is 2.70. The van der Waals surface area contributed by atoms with Gasteiger partial charge in [-0.3, -0.25) is 0 Å². The molecule has 2 heterocycles. The molecule has 2 saturated heterocycles. The molecule has 11 heteroatoms. The highest BCUT2D eigenvalue weighted by Crippen LogP contribution is 2.44. The summed E-state index contributed by atoms with van der Waals surface area (Å²) in [6, 6.07) is 0. The highest BCUT2D eigenvalue weighted by atomic mass is 19.3. The second kappa shape index (κ2) is 7.30. The first kappa shape index (κ1) is 19.4. The van der Waals surface area contributed by atoms with E-state index in [-0.39, 0.29) is 0 Å². The molecule has 5 nitrogen and oxygen atoms in total. The van der Waals surface area contributed by atoms with Crippen LogP contribution in [0.2, 0.25) is 0 Å². The van der Waals surface area contributed by atoms with Crippen molar-refractivity contribution in [3.8, 4) is 0 Å². The second-order valence-corrected chi connectivity index (χ2v) is 4.75. The zero-order chi connectivity index (χ0) is 17.0. The smallest absolute Gasteiger partial charge is 0.376 e. The van der Waals surface area contributed by atoms with E-state index in [4.69, 9.17) is 24.4 Å². The van der Waals surface area contributed by atoms with Gasteiger partial charge in [0.25, 0.3) is 0 Å². The molecule has 0 bridgehead atoms. The fourth-order valence-electron chi connectivity index (χ4n) is 1.13. The average Bonchev–Trinajstić information content (AvgIpc) is 3.33. The molecule has 2 aliphatic rings. The molecule has 0 amide bonds. The second-order valence-electron chi connectivity index (χ2n) is 4.75. The van der Waals surface area contributed by atoms with Gasteiger partial charge in [-0.15, -0.1) is 0 Å². The maximum Gasteiger partial charge on any atom is 0.376 e. The van der Waals surface area contributed by atoms with Gasteiger partial charge in [-0.1, -0.05) is 0 Å². The lowest BCUT2D eigenvalue weighted by Crippen LogP contribution is -2.57. The summed E-state index contributed by atoms with van der Waals surface area (Å²) in [6.45, 7) is -1.58. The lowest BCUT2D eigenvalue weighted by atomic mass is 10.1. The summed E-state index contributed by atoms with van der Waals surface area (Å²) in [7, 11) is 0. The molecule has 2 unspecified atom stereocenters. The first-order chi connectivity index (χ1) is 10.1. The van der Waals surface area contributed by atoms with E-state index < -0.39 is 31.0 Å². The minimum atomic E-state index is -5.77. The van der Waals surface area contributed by atoms with Crippen molar-refractivity contribution in [2.75, 3.05) is 39.6 Å². The molecule has 2 aliphatic heterocycles. The van der Waals surface area contributed by atoms with Crippen LogP contribution in [-0.4, -0.2) is 79.8 Å². The molecular formula is C11H16F6O5. The fourth-order valence-corrected chi connectivity index (χ4v) is 1.13. The Morgan fingerprint density at radius 2 is 1.14 bits per heavy atom. The van der Waals surface area contributed by atoms with Gasteiger partial charge in [0.1, 0.15) is 25.4 Å². The molecule has 2 N–H and O–H groups in total. The van der Waals surface area contributed by atoms with Crippen LogP contribution in [0, 0.1) is 0 Å². The van der Waals surface area contributed by atoms with Crippen LogP contribution < -0.4 is 0 Å². The third kappa shape index (κ3) is 5.23. The van der Waals surface area contributed by atoms with Crippen molar-refractivity contribution in [2.45, 2.75) is 30.0 Å². The zero-order valence-corrected chi connectivity index (χ0v) is 11.3. The van der Waals surface area contributed by atoms with Crippen molar-refractivity contribution in [2.24, 2.45) is 0 Å². The topological polar surface area (TPSA) is 74.8 Å². The molecule has 0 aromatic heterocycles. The molecule has 2 rings (SSSR count). The van der Waals surface area contributed by atoms with E-state index in [0.29, 0.717) is 12.2 Å². The van der Waals surface area contributed by atoms with E-state index in [1.165, 1.54) is 0 Å². The Kier molecular flexibility index (Phi) is 6.45. The summed E-state index contributed by atoms with van der Waals surface area (Å²) >= 11 is 0. The van der Waals surface area contributed by atoms with Crippen LogP contribution in [0.4, 0.5) is 26.3 Å². The van der Waals surface area contributed by atoms with Gasteiger partial charge in [0.05, 0.1) is 26.4 Å². The van der Waals surface area contributed by atoms with Crippen LogP contribution in [0.5, 0.6) is 0 Å². The van der Waals surface area contributed by atoms with Gasteiger partial charge in [0, 0.05) is 0 Å². The van der Waals surface area contributed by atoms with Crippen molar-refractivity contribution < 1.29 is 50.8 Å².